The fourth-order valence-electron chi connectivity index (χ4n) is 4.39. The van der Waals surface area contributed by atoms with E-state index in [9.17, 15) is 14.7 Å². The summed E-state index contributed by atoms with van der Waals surface area (Å²) in [4.78, 5) is 25.5. The molecule has 0 spiro atoms. The number of rotatable bonds is 1. The van der Waals surface area contributed by atoms with E-state index in [1.54, 1.807) is 0 Å². The zero-order chi connectivity index (χ0) is 16.6. The normalized spacial score (nSPS) is 22.8. The molecule has 1 aromatic heterocycles. The minimum atomic E-state index is -1.07. The van der Waals surface area contributed by atoms with Crippen LogP contribution in [0.25, 0.3) is 0 Å². The molecule has 6 nitrogen and oxygen atoms in total. The molecule has 6 heteroatoms. The number of aliphatic hydroxyl groups is 1. The summed E-state index contributed by atoms with van der Waals surface area (Å²) < 4.78 is 4.03. The van der Waals surface area contributed by atoms with Crippen LogP contribution >= 0.6 is 0 Å². The maximum absolute atomic E-state index is 12.8. The molecule has 3 aliphatic rings. The molecule has 0 amide bonds. The number of hydrogen-bond donors (Lipinski definition) is 1. The van der Waals surface area contributed by atoms with Gasteiger partial charge in [-0.25, -0.2) is 23.5 Å². The summed E-state index contributed by atoms with van der Waals surface area (Å²) in [5.74, 6) is 0. The maximum Gasteiger partial charge on any atom is 0.348 e. The lowest BCUT2D eigenvalue weighted by Gasteiger charge is -2.49. The van der Waals surface area contributed by atoms with Gasteiger partial charge in [0.05, 0.1) is 6.61 Å². The van der Waals surface area contributed by atoms with Gasteiger partial charge in [0.2, 0.25) is 0 Å². The summed E-state index contributed by atoms with van der Waals surface area (Å²) in [6.45, 7) is -0.295. The van der Waals surface area contributed by atoms with E-state index in [1.807, 2.05) is 48.5 Å². The van der Waals surface area contributed by atoms with Gasteiger partial charge in [-0.2, -0.15) is 0 Å². The summed E-state index contributed by atoms with van der Waals surface area (Å²) in [6, 6.07) is 15.1. The Balaban J connectivity index is 2.08. The number of benzene rings is 2. The third kappa shape index (κ3) is 1.21. The molecule has 0 fully saturated rings. The van der Waals surface area contributed by atoms with Crippen LogP contribution < -0.4 is 11.4 Å². The van der Waals surface area contributed by atoms with Gasteiger partial charge in [0, 0.05) is 7.05 Å². The molecule has 0 atom stereocenters. The monoisotopic (exact) mass is 321 g/mol. The molecule has 2 bridgehead atoms. The molecule has 3 aromatic rings. The van der Waals surface area contributed by atoms with Crippen molar-refractivity contribution in [2.75, 3.05) is 6.61 Å². The molecule has 0 radical (unpaired) electrons. The summed E-state index contributed by atoms with van der Waals surface area (Å²) in [5.41, 5.74) is 1.82. The van der Waals surface area contributed by atoms with Crippen LogP contribution in [0, 0.1) is 0 Å². The smallest absolute Gasteiger partial charge is 0.348 e. The Bertz CT molecular complexity index is 1070. The molecular formula is C18H15N3O3. The lowest BCUT2D eigenvalue weighted by molar-refractivity contribution is 0.137. The van der Waals surface area contributed by atoms with Crippen LogP contribution in [0.1, 0.15) is 28.3 Å². The van der Waals surface area contributed by atoms with Gasteiger partial charge in [0.15, 0.2) is 0 Å². The van der Waals surface area contributed by atoms with Crippen molar-refractivity contribution < 1.29 is 5.11 Å². The Labute approximate surface area is 136 Å². The van der Waals surface area contributed by atoms with E-state index in [4.69, 9.17) is 0 Å². The zero-order valence-corrected chi connectivity index (χ0v) is 13.0. The summed E-state index contributed by atoms with van der Waals surface area (Å²) in [6.07, 6.45) is 0. The van der Waals surface area contributed by atoms with E-state index in [-0.39, 0.29) is 18.3 Å². The van der Waals surface area contributed by atoms with Crippen molar-refractivity contribution in [1.29, 1.82) is 0 Å². The average molecular weight is 321 g/mol. The van der Waals surface area contributed by atoms with E-state index in [1.165, 1.54) is 16.4 Å². The third-order valence-electron chi connectivity index (χ3n) is 5.40. The highest BCUT2D eigenvalue weighted by Crippen LogP contribution is 2.50. The van der Waals surface area contributed by atoms with E-state index >= 15 is 0 Å². The Morgan fingerprint density at radius 2 is 1.50 bits per heavy atom. The van der Waals surface area contributed by atoms with Crippen LogP contribution in [0.5, 0.6) is 0 Å². The molecular weight excluding hydrogens is 306 g/mol. The molecule has 3 heterocycles. The second-order valence-electron chi connectivity index (χ2n) is 6.38. The number of aromatic nitrogens is 3. The maximum atomic E-state index is 12.8. The number of aliphatic hydroxyl groups excluding tert-OH is 1. The highest BCUT2D eigenvalue weighted by molar-refractivity contribution is 5.58. The second-order valence-corrected chi connectivity index (χ2v) is 6.38. The van der Waals surface area contributed by atoms with Gasteiger partial charge >= 0.3 is 11.4 Å². The lowest BCUT2D eigenvalue weighted by Crippen LogP contribution is -2.57. The predicted octanol–water partition coefficient (Wildman–Crippen LogP) is 0.397. The lowest BCUT2D eigenvalue weighted by atomic mass is 9.69. The van der Waals surface area contributed by atoms with Crippen LogP contribution in [-0.4, -0.2) is 25.6 Å². The minimum absolute atomic E-state index is 0.295. The molecule has 0 unspecified atom stereocenters. The van der Waals surface area contributed by atoms with Gasteiger partial charge in [-0.05, 0) is 22.3 Å². The summed E-state index contributed by atoms with van der Waals surface area (Å²) in [7, 11) is 1.48. The summed E-state index contributed by atoms with van der Waals surface area (Å²) >= 11 is 0. The molecule has 2 aromatic carbocycles. The van der Waals surface area contributed by atoms with E-state index in [2.05, 4.69) is 0 Å². The largest absolute Gasteiger partial charge is 0.393 e. The standard InChI is InChI=1S/C18H15N3O3/c1-19-16(23)20-15-11-6-2-4-8-13(11)18(10-22,21(20)17(19)24)14-9-5-3-7-12(14)15/h2-9,15,22H,10H2,1H3. The number of hydrogen-bond acceptors (Lipinski definition) is 3. The first-order valence-electron chi connectivity index (χ1n) is 7.83. The Hall–Kier alpha value is -2.86. The fourth-order valence-corrected chi connectivity index (χ4v) is 4.39. The first-order chi connectivity index (χ1) is 11.6. The van der Waals surface area contributed by atoms with E-state index in [0.29, 0.717) is 0 Å². The molecule has 2 aliphatic heterocycles. The van der Waals surface area contributed by atoms with Gasteiger partial charge in [-0.1, -0.05) is 48.5 Å². The highest BCUT2D eigenvalue weighted by Gasteiger charge is 2.53. The molecule has 1 N–H and O–H groups in total. The zero-order valence-electron chi connectivity index (χ0n) is 13.0. The Morgan fingerprint density at radius 1 is 0.958 bits per heavy atom. The van der Waals surface area contributed by atoms with Gasteiger partial charge < -0.3 is 5.11 Å². The average Bonchev–Trinajstić information content (AvgIpc) is 2.87. The predicted molar refractivity (Wildman–Crippen MR) is 87.3 cm³/mol. The van der Waals surface area contributed by atoms with Crippen molar-refractivity contribution in [3.05, 3.63) is 91.8 Å². The van der Waals surface area contributed by atoms with Crippen LogP contribution in [-0.2, 0) is 12.6 Å². The van der Waals surface area contributed by atoms with E-state index in [0.717, 1.165) is 26.8 Å². The highest BCUT2D eigenvalue weighted by atomic mass is 16.3. The second kappa shape index (κ2) is 4.15. The summed E-state index contributed by atoms with van der Waals surface area (Å²) in [5, 5.41) is 10.4. The molecule has 120 valence electrons. The first-order valence-corrected chi connectivity index (χ1v) is 7.83. The van der Waals surface area contributed by atoms with Crippen molar-refractivity contribution in [1.82, 2.24) is 13.9 Å². The molecule has 24 heavy (non-hydrogen) atoms. The van der Waals surface area contributed by atoms with Crippen molar-refractivity contribution in [3.63, 3.8) is 0 Å². The van der Waals surface area contributed by atoms with Crippen molar-refractivity contribution in [2.24, 2.45) is 7.05 Å². The van der Waals surface area contributed by atoms with Crippen LogP contribution in [0.15, 0.2) is 58.1 Å². The SMILES string of the molecule is Cn1c(=O)n2n(c1=O)C1(CO)c3ccccc3C2c2ccccc21. The molecule has 0 saturated heterocycles. The van der Waals surface area contributed by atoms with Crippen LogP contribution in [0.4, 0.5) is 0 Å². The van der Waals surface area contributed by atoms with Gasteiger partial charge in [-0.3, -0.25) is 0 Å². The van der Waals surface area contributed by atoms with Gasteiger partial charge in [0.1, 0.15) is 11.6 Å². The van der Waals surface area contributed by atoms with Crippen LogP contribution in [0.2, 0.25) is 0 Å². The third-order valence-corrected chi connectivity index (χ3v) is 5.40. The van der Waals surface area contributed by atoms with Crippen molar-refractivity contribution in [2.45, 2.75) is 11.6 Å². The molecule has 0 saturated carbocycles. The molecule has 6 rings (SSSR count). The quantitative estimate of drug-likeness (QED) is 0.705. The molecule has 1 aliphatic carbocycles. The van der Waals surface area contributed by atoms with E-state index < -0.39 is 11.2 Å². The number of nitrogens with zero attached hydrogens (tertiary/aromatic N) is 3. The van der Waals surface area contributed by atoms with Crippen molar-refractivity contribution >= 4 is 0 Å². The van der Waals surface area contributed by atoms with Gasteiger partial charge in [-0.15, -0.1) is 0 Å². The topological polar surface area (TPSA) is 69.2 Å². The first kappa shape index (κ1) is 13.6. The minimum Gasteiger partial charge on any atom is -0.393 e. The van der Waals surface area contributed by atoms with Crippen molar-refractivity contribution in [3.8, 4) is 0 Å². The van der Waals surface area contributed by atoms with Crippen LogP contribution in [0.3, 0.4) is 0 Å². The Kier molecular flexibility index (Phi) is 2.35. The fraction of sp³-hybridized carbons (Fsp3) is 0.222. The Morgan fingerprint density at radius 3 is 2.04 bits per heavy atom. The van der Waals surface area contributed by atoms with Gasteiger partial charge in [0.25, 0.3) is 0 Å².